The molecule has 0 amide bonds. The number of nitrogens with one attached hydrogen (secondary N) is 2. The third-order valence-electron chi connectivity index (χ3n) is 3.04. The van der Waals surface area contributed by atoms with Crippen molar-refractivity contribution >= 4 is 32.7 Å². The molecule has 0 spiro atoms. The number of thiophene rings is 1. The Morgan fingerprint density at radius 1 is 1.30 bits per heavy atom. The van der Waals surface area contributed by atoms with Gasteiger partial charge in [0.05, 0.1) is 10.4 Å². The molecule has 0 atom stereocenters. The molecule has 0 aliphatic heterocycles. The van der Waals surface area contributed by atoms with Crippen LogP contribution in [-0.2, 0) is 23.1 Å². The molecule has 108 valence electrons. The Balaban J connectivity index is 1.68. The van der Waals surface area contributed by atoms with Crippen LogP contribution in [0.25, 0.3) is 0 Å². The second kappa shape index (κ2) is 5.90. The number of sulfonamides is 1. The molecule has 8 heteroatoms. The first-order valence-electron chi connectivity index (χ1n) is 6.32. The van der Waals surface area contributed by atoms with Gasteiger partial charge in [0.25, 0.3) is 0 Å². The van der Waals surface area contributed by atoms with Crippen LogP contribution in [0.15, 0.2) is 28.0 Å². The number of nitrogens with zero attached hydrogens (tertiary/aromatic N) is 1. The van der Waals surface area contributed by atoms with Crippen LogP contribution in [0.5, 0.6) is 0 Å². The van der Waals surface area contributed by atoms with Crippen LogP contribution in [0.1, 0.15) is 22.6 Å². The van der Waals surface area contributed by atoms with Gasteiger partial charge in [0.1, 0.15) is 0 Å². The molecular weight excluding hydrogens is 314 g/mol. The first-order chi connectivity index (χ1) is 9.65. The molecule has 2 aromatic heterocycles. The average molecular weight is 329 g/mol. The highest BCUT2D eigenvalue weighted by Gasteiger charge is 2.23. The minimum atomic E-state index is -3.45. The summed E-state index contributed by atoms with van der Waals surface area (Å²) in [6.45, 7) is 0.914. The molecule has 2 N–H and O–H groups in total. The zero-order valence-corrected chi connectivity index (χ0v) is 13.2. The maximum absolute atomic E-state index is 12.3. The molecule has 2 aromatic rings. The number of hydrogen-bond donors (Lipinski definition) is 2. The fourth-order valence-corrected chi connectivity index (χ4v) is 4.82. The molecule has 5 nitrogen and oxygen atoms in total. The van der Waals surface area contributed by atoms with Crippen molar-refractivity contribution in [2.75, 3.05) is 0 Å². The quantitative estimate of drug-likeness (QED) is 0.814. The Morgan fingerprint density at radius 3 is 2.85 bits per heavy atom. The number of hydrogen-bond acceptors (Lipinski definition) is 6. The summed E-state index contributed by atoms with van der Waals surface area (Å²) in [6.07, 6.45) is 4.06. The van der Waals surface area contributed by atoms with Crippen LogP contribution >= 0.6 is 22.7 Å². The molecule has 1 saturated carbocycles. The van der Waals surface area contributed by atoms with E-state index in [1.165, 1.54) is 35.5 Å². The van der Waals surface area contributed by atoms with Gasteiger partial charge < -0.3 is 5.32 Å². The fraction of sp³-hybridized carbons (Fsp3) is 0.417. The Bertz CT molecular complexity index is 660. The van der Waals surface area contributed by atoms with Gasteiger partial charge in [-0.25, -0.2) is 13.1 Å². The van der Waals surface area contributed by atoms with E-state index in [1.54, 1.807) is 17.8 Å². The van der Waals surface area contributed by atoms with E-state index in [1.807, 2.05) is 5.38 Å². The zero-order valence-electron chi connectivity index (χ0n) is 10.7. The maximum Gasteiger partial charge on any atom is 0.242 e. The first kappa shape index (κ1) is 14.2. The van der Waals surface area contributed by atoms with E-state index in [9.17, 15) is 8.42 Å². The average Bonchev–Trinajstić information content (AvgIpc) is 2.94. The van der Waals surface area contributed by atoms with Gasteiger partial charge in [-0.15, -0.1) is 22.7 Å². The highest BCUT2D eigenvalue weighted by atomic mass is 32.2. The van der Waals surface area contributed by atoms with Crippen LogP contribution in [0.2, 0.25) is 0 Å². The lowest BCUT2D eigenvalue weighted by atomic mass is 10.4. The summed E-state index contributed by atoms with van der Waals surface area (Å²) in [5.74, 6) is 0. The summed E-state index contributed by atoms with van der Waals surface area (Å²) in [5.41, 5.74) is 1.69. The summed E-state index contributed by atoms with van der Waals surface area (Å²) in [5, 5.41) is 5.18. The maximum atomic E-state index is 12.3. The molecule has 1 aliphatic carbocycles. The zero-order chi connectivity index (χ0) is 14.0. The van der Waals surface area contributed by atoms with Crippen LogP contribution in [-0.4, -0.2) is 19.4 Å². The highest BCUT2D eigenvalue weighted by Crippen LogP contribution is 2.25. The van der Waals surface area contributed by atoms with Gasteiger partial charge in [-0.1, -0.05) is 0 Å². The van der Waals surface area contributed by atoms with Crippen molar-refractivity contribution in [3.63, 3.8) is 0 Å². The van der Waals surface area contributed by atoms with E-state index in [2.05, 4.69) is 15.0 Å². The van der Waals surface area contributed by atoms with Gasteiger partial charge >= 0.3 is 0 Å². The van der Waals surface area contributed by atoms with Crippen LogP contribution in [0, 0.1) is 0 Å². The van der Waals surface area contributed by atoms with Crippen molar-refractivity contribution < 1.29 is 8.42 Å². The standard InChI is InChI=1S/C12H15N3O2S3/c16-20(17,15-6-10-5-13-8-19-10)12-3-4-18-11(12)7-14-9-1-2-9/h3-5,8-9,14-15H,1-2,6-7H2. The van der Waals surface area contributed by atoms with Crippen molar-refractivity contribution in [2.45, 2.75) is 36.9 Å². The summed E-state index contributed by atoms with van der Waals surface area (Å²) >= 11 is 2.92. The molecule has 0 radical (unpaired) electrons. The van der Waals surface area contributed by atoms with Gasteiger partial charge in [0.2, 0.25) is 10.0 Å². The molecule has 20 heavy (non-hydrogen) atoms. The predicted molar refractivity (Wildman–Crippen MR) is 80.3 cm³/mol. The molecular formula is C12H15N3O2S3. The van der Waals surface area contributed by atoms with Gasteiger partial charge in [0, 0.05) is 35.1 Å². The predicted octanol–water partition coefficient (Wildman–Crippen LogP) is 1.94. The lowest BCUT2D eigenvalue weighted by Crippen LogP contribution is -2.24. The van der Waals surface area contributed by atoms with Crippen molar-refractivity contribution in [3.05, 3.63) is 32.9 Å². The highest BCUT2D eigenvalue weighted by molar-refractivity contribution is 7.89. The van der Waals surface area contributed by atoms with E-state index >= 15 is 0 Å². The van der Waals surface area contributed by atoms with Gasteiger partial charge in [-0.2, -0.15) is 0 Å². The molecule has 1 fully saturated rings. The largest absolute Gasteiger partial charge is 0.309 e. The number of rotatable bonds is 7. The normalized spacial score (nSPS) is 15.6. The Morgan fingerprint density at radius 2 is 2.15 bits per heavy atom. The minimum absolute atomic E-state index is 0.290. The van der Waals surface area contributed by atoms with E-state index in [4.69, 9.17) is 0 Å². The third-order valence-corrected chi connectivity index (χ3v) is 6.36. The molecule has 0 aromatic carbocycles. The van der Waals surface area contributed by atoms with Crippen molar-refractivity contribution in [3.8, 4) is 0 Å². The fourth-order valence-electron chi connectivity index (χ4n) is 1.80. The van der Waals surface area contributed by atoms with Gasteiger partial charge in [-0.05, 0) is 24.3 Å². The van der Waals surface area contributed by atoms with Gasteiger partial charge in [-0.3, -0.25) is 4.98 Å². The molecule has 0 bridgehead atoms. The Labute approximate surface area is 126 Å². The molecule has 1 aliphatic rings. The Hall–Kier alpha value is -0.800. The third kappa shape index (κ3) is 3.44. The van der Waals surface area contributed by atoms with Gasteiger partial charge in [0.15, 0.2) is 0 Å². The van der Waals surface area contributed by atoms with Crippen LogP contribution in [0.4, 0.5) is 0 Å². The summed E-state index contributed by atoms with van der Waals surface area (Å²) in [6, 6.07) is 2.24. The topological polar surface area (TPSA) is 71.1 Å². The molecule has 0 saturated heterocycles. The number of aromatic nitrogens is 1. The molecule has 0 unspecified atom stereocenters. The Kier molecular flexibility index (Phi) is 4.18. The van der Waals surface area contributed by atoms with Crippen molar-refractivity contribution in [1.29, 1.82) is 0 Å². The number of thiazole rings is 1. The van der Waals surface area contributed by atoms with Crippen molar-refractivity contribution in [2.24, 2.45) is 0 Å². The van der Waals surface area contributed by atoms with Crippen molar-refractivity contribution in [1.82, 2.24) is 15.0 Å². The first-order valence-corrected chi connectivity index (χ1v) is 9.56. The lowest BCUT2D eigenvalue weighted by molar-refractivity contribution is 0.579. The summed E-state index contributed by atoms with van der Waals surface area (Å²) in [4.78, 5) is 6.10. The lowest BCUT2D eigenvalue weighted by Gasteiger charge is -2.07. The van der Waals surface area contributed by atoms with Crippen LogP contribution < -0.4 is 10.0 Å². The van der Waals surface area contributed by atoms with E-state index in [0.29, 0.717) is 24.0 Å². The van der Waals surface area contributed by atoms with E-state index < -0.39 is 10.0 Å². The molecule has 2 heterocycles. The van der Waals surface area contributed by atoms with Crippen LogP contribution in [0.3, 0.4) is 0 Å². The molecule has 3 rings (SSSR count). The SMILES string of the molecule is O=S(=O)(NCc1cncs1)c1ccsc1CNC1CC1. The minimum Gasteiger partial charge on any atom is -0.309 e. The summed E-state index contributed by atoms with van der Waals surface area (Å²) < 4.78 is 27.3. The monoisotopic (exact) mass is 329 g/mol. The van der Waals surface area contributed by atoms with E-state index in [0.717, 1.165) is 9.75 Å². The second-order valence-corrected chi connectivity index (χ2v) is 8.36. The smallest absolute Gasteiger partial charge is 0.242 e. The van der Waals surface area contributed by atoms with E-state index in [-0.39, 0.29) is 0 Å². The second-order valence-electron chi connectivity index (χ2n) is 4.66. The summed E-state index contributed by atoms with van der Waals surface area (Å²) in [7, 11) is -3.45.